The molecular weight excluding hydrogens is 381 g/mol. The van der Waals surface area contributed by atoms with Crippen LogP contribution in [0.15, 0.2) is 18.2 Å². The minimum Gasteiger partial charge on any atom is -0.283 e. The van der Waals surface area contributed by atoms with Crippen LogP contribution in [0.3, 0.4) is 0 Å². The van der Waals surface area contributed by atoms with Gasteiger partial charge in [-0.3, -0.25) is 4.72 Å². The maximum atomic E-state index is 11.2. The van der Waals surface area contributed by atoms with E-state index in [1.165, 1.54) is 0 Å². The number of sulfonamides is 1. The van der Waals surface area contributed by atoms with Crippen molar-refractivity contribution in [2.24, 2.45) is 0 Å². The van der Waals surface area contributed by atoms with E-state index in [2.05, 4.69) is 43.2 Å². The van der Waals surface area contributed by atoms with Gasteiger partial charge >= 0.3 is 0 Å². The number of anilines is 1. The first-order chi connectivity index (χ1) is 6.44. The molecule has 0 aliphatic rings. The molecule has 0 aromatic heterocycles. The van der Waals surface area contributed by atoms with Crippen LogP contribution < -0.4 is 4.72 Å². The summed E-state index contributed by atoms with van der Waals surface area (Å²) >= 11 is 5.10. The lowest BCUT2D eigenvalue weighted by atomic mass is 10.2. The van der Waals surface area contributed by atoms with Gasteiger partial charge in [-0.15, -0.1) is 0 Å². The van der Waals surface area contributed by atoms with Gasteiger partial charge in [0.25, 0.3) is 0 Å². The van der Waals surface area contributed by atoms with Crippen molar-refractivity contribution in [1.82, 2.24) is 0 Å². The van der Waals surface area contributed by atoms with Crippen LogP contribution in [0, 0.1) is 10.5 Å². The van der Waals surface area contributed by atoms with Gasteiger partial charge in [-0.1, -0.05) is 15.9 Å². The van der Waals surface area contributed by atoms with Gasteiger partial charge < -0.3 is 0 Å². The Balaban J connectivity index is 2.99. The Morgan fingerprint density at radius 1 is 1.50 bits per heavy atom. The number of benzene rings is 1. The predicted molar refractivity (Wildman–Crippen MR) is 70.2 cm³/mol. The van der Waals surface area contributed by atoms with Crippen LogP contribution in [0.1, 0.15) is 5.56 Å². The molecule has 14 heavy (non-hydrogen) atoms. The van der Waals surface area contributed by atoms with E-state index < -0.39 is 10.0 Å². The van der Waals surface area contributed by atoms with Crippen molar-refractivity contribution in [3.05, 3.63) is 27.3 Å². The first-order valence-corrected chi connectivity index (χ1v) is 7.62. The molecule has 0 unspecified atom stereocenters. The Morgan fingerprint density at radius 2 is 2.14 bits per heavy atom. The summed E-state index contributed by atoms with van der Waals surface area (Å²) in [5, 5.41) is 0. The first kappa shape index (κ1) is 12.3. The van der Waals surface area contributed by atoms with Crippen molar-refractivity contribution in [1.29, 1.82) is 0 Å². The molecule has 0 saturated heterocycles. The highest BCUT2D eigenvalue weighted by Crippen LogP contribution is 2.19. The average molecular weight is 390 g/mol. The van der Waals surface area contributed by atoms with Gasteiger partial charge in [-0.2, -0.15) is 0 Å². The van der Waals surface area contributed by atoms with E-state index in [-0.39, 0.29) is 4.66 Å². The lowest BCUT2D eigenvalue weighted by molar-refractivity contribution is 0.606. The summed E-state index contributed by atoms with van der Waals surface area (Å²) < 4.78 is 26.0. The van der Waals surface area contributed by atoms with Gasteiger partial charge in [-0.05, 0) is 53.3 Å². The normalized spacial score (nSPS) is 11.4. The average Bonchev–Trinajstić information content (AvgIpc) is 2.10. The summed E-state index contributed by atoms with van der Waals surface area (Å²) in [6.07, 6.45) is 0. The molecule has 3 nitrogen and oxygen atoms in total. The van der Waals surface area contributed by atoms with E-state index in [1.54, 1.807) is 6.07 Å². The fourth-order valence-corrected chi connectivity index (χ4v) is 2.55. The van der Waals surface area contributed by atoms with Crippen LogP contribution in [-0.2, 0) is 10.0 Å². The van der Waals surface area contributed by atoms with Crippen LogP contribution in [-0.4, -0.2) is 13.1 Å². The van der Waals surface area contributed by atoms with Crippen LogP contribution in [0.5, 0.6) is 0 Å². The van der Waals surface area contributed by atoms with E-state index in [0.29, 0.717) is 5.69 Å². The Morgan fingerprint density at radius 3 is 2.64 bits per heavy atom. The quantitative estimate of drug-likeness (QED) is 0.638. The number of nitrogens with one attached hydrogen (secondary N) is 1. The largest absolute Gasteiger partial charge is 0.283 e. The number of hydrogen-bond donors (Lipinski definition) is 1. The molecule has 0 saturated carbocycles. The molecule has 1 aromatic rings. The SMILES string of the molecule is Cc1cc(I)ccc1NS(=O)(=O)CBr. The summed E-state index contributed by atoms with van der Waals surface area (Å²) in [6, 6.07) is 5.55. The zero-order valence-corrected chi connectivity index (χ0v) is 12.0. The maximum Gasteiger partial charge on any atom is 0.242 e. The summed E-state index contributed by atoms with van der Waals surface area (Å²) in [5.74, 6) is 0. The van der Waals surface area contributed by atoms with E-state index in [0.717, 1.165) is 9.13 Å². The summed E-state index contributed by atoms with van der Waals surface area (Å²) in [5.41, 5.74) is 1.55. The van der Waals surface area contributed by atoms with Gasteiger partial charge in [0, 0.05) is 3.57 Å². The van der Waals surface area contributed by atoms with Gasteiger partial charge in [0.2, 0.25) is 10.0 Å². The standard InChI is InChI=1S/C8H9BrINO2S/c1-6-4-7(10)2-3-8(6)11-14(12,13)5-9/h2-4,11H,5H2,1H3. The third-order valence-electron chi connectivity index (χ3n) is 1.60. The van der Waals surface area contributed by atoms with Crippen molar-refractivity contribution in [2.45, 2.75) is 6.92 Å². The van der Waals surface area contributed by atoms with Crippen LogP contribution in [0.25, 0.3) is 0 Å². The zero-order chi connectivity index (χ0) is 10.8. The molecule has 0 spiro atoms. The van der Waals surface area contributed by atoms with Crippen LogP contribution >= 0.6 is 38.5 Å². The highest BCUT2D eigenvalue weighted by molar-refractivity contribution is 14.1. The zero-order valence-electron chi connectivity index (χ0n) is 7.42. The minimum atomic E-state index is -3.24. The molecule has 0 radical (unpaired) electrons. The summed E-state index contributed by atoms with van der Waals surface area (Å²) in [6.45, 7) is 1.87. The van der Waals surface area contributed by atoms with Crippen molar-refractivity contribution >= 4 is 54.2 Å². The van der Waals surface area contributed by atoms with Crippen molar-refractivity contribution in [3.8, 4) is 0 Å². The van der Waals surface area contributed by atoms with Gasteiger partial charge in [0.1, 0.15) is 4.66 Å². The molecule has 0 heterocycles. The lowest BCUT2D eigenvalue weighted by Gasteiger charge is -2.08. The highest BCUT2D eigenvalue weighted by atomic mass is 127. The second-order valence-electron chi connectivity index (χ2n) is 2.79. The molecule has 0 atom stereocenters. The first-order valence-electron chi connectivity index (χ1n) is 3.77. The molecule has 0 bridgehead atoms. The Hall–Kier alpha value is 0.180. The smallest absolute Gasteiger partial charge is 0.242 e. The topological polar surface area (TPSA) is 46.2 Å². The van der Waals surface area contributed by atoms with E-state index in [1.807, 2.05) is 19.1 Å². The second kappa shape index (κ2) is 4.80. The van der Waals surface area contributed by atoms with Crippen LogP contribution in [0.4, 0.5) is 5.69 Å². The fraction of sp³-hybridized carbons (Fsp3) is 0.250. The Labute approximate surface area is 106 Å². The Bertz CT molecular complexity index is 433. The van der Waals surface area contributed by atoms with Gasteiger partial charge in [-0.25, -0.2) is 8.42 Å². The highest BCUT2D eigenvalue weighted by Gasteiger charge is 2.09. The monoisotopic (exact) mass is 389 g/mol. The van der Waals surface area contributed by atoms with Crippen LogP contribution in [0.2, 0.25) is 0 Å². The molecule has 1 N–H and O–H groups in total. The maximum absolute atomic E-state index is 11.2. The number of hydrogen-bond acceptors (Lipinski definition) is 2. The molecule has 1 rings (SSSR count). The number of rotatable bonds is 3. The molecule has 0 fully saturated rings. The van der Waals surface area contributed by atoms with E-state index in [9.17, 15) is 8.42 Å². The Kier molecular flexibility index (Phi) is 4.20. The molecule has 0 aliphatic carbocycles. The molecule has 0 amide bonds. The van der Waals surface area contributed by atoms with E-state index in [4.69, 9.17) is 0 Å². The number of alkyl halides is 1. The number of halogens is 2. The van der Waals surface area contributed by atoms with Crippen molar-refractivity contribution in [3.63, 3.8) is 0 Å². The van der Waals surface area contributed by atoms with E-state index >= 15 is 0 Å². The third-order valence-corrected chi connectivity index (χ3v) is 4.89. The minimum absolute atomic E-state index is 0.0918. The molecule has 78 valence electrons. The van der Waals surface area contributed by atoms with Gasteiger partial charge in [0.05, 0.1) is 5.69 Å². The molecule has 1 aromatic carbocycles. The van der Waals surface area contributed by atoms with Gasteiger partial charge in [0.15, 0.2) is 0 Å². The molecule has 0 aliphatic heterocycles. The van der Waals surface area contributed by atoms with Crippen molar-refractivity contribution in [2.75, 3.05) is 9.38 Å². The fourth-order valence-electron chi connectivity index (χ4n) is 0.936. The molecular formula is C8H9BrINO2S. The lowest BCUT2D eigenvalue weighted by Crippen LogP contribution is -2.13. The number of aryl methyl sites for hydroxylation is 1. The predicted octanol–water partition coefficient (Wildman–Crippen LogP) is 2.69. The second-order valence-corrected chi connectivity index (χ2v) is 7.06. The third kappa shape index (κ3) is 3.39. The molecule has 6 heteroatoms. The van der Waals surface area contributed by atoms with Crippen molar-refractivity contribution < 1.29 is 8.42 Å². The summed E-state index contributed by atoms with van der Waals surface area (Å²) in [4.78, 5) is 0. The summed E-state index contributed by atoms with van der Waals surface area (Å²) in [7, 11) is -3.24.